The normalized spacial score (nSPS) is 14.5. The average molecular weight is 470 g/mol. The summed E-state index contributed by atoms with van der Waals surface area (Å²) in [5.74, 6) is 0.0509. The van der Waals surface area contributed by atoms with E-state index >= 15 is 0 Å². The second kappa shape index (κ2) is 8.87. The fourth-order valence-electron chi connectivity index (χ4n) is 4.70. The molecule has 0 amide bonds. The monoisotopic (exact) mass is 469 g/mol. The molecule has 3 aromatic heterocycles. The predicted octanol–water partition coefficient (Wildman–Crippen LogP) is 4.18. The smallest absolute Gasteiger partial charge is 0.337 e. The van der Waals surface area contributed by atoms with E-state index in [2.05, 4.69) is 21.3 Å². The average Bonchev–Trinajstić information content (AvgIpc) is 2.82. The molecule has 178 valence electrons. The second-order valence-corrected chi connectivity index (χ2v) is 9.14. The van der Waals surface area contributed by atoms with Crippen molar-refractivity contribution in [1.29, 1.82) is 0 Å². The zero-order valence-electron chi connectivity index (χ0n) is 19.9. The van der Waals surface area contributed by atoms with Crippen molar-refractivity contribution in [2.45, 2.75) is 32.7 Å². The highest BCUT2D eigenvalue weighted by atomic mass is 16.4. The predicted molar refractivity (Wildman–Crippen MR) is 136 cm³/mol. The highest BCUT2D eigenvalue weighted by Gasteiger charge is 2.31. The van der Waals surface area contributed by atoms with Gasteiger partial charge in [-0.25, -0.2) is 9.78 Å². The molecule has 4 heterocycles. The Morgan fingerprint density at radius 2 is 1.94 bits per heavy atom. The van der Waals surface area contributed by atoms with Crippen LogP contribution in [0.3, 0.4) is 0 Å². The number of hydrogen-bond acceptors (Lipinski definition) is 6. The minimum absolute atomic E-state index is 0.0992. The Bertz CT molecular complexity index is 1480. The van der Waals surface area contributed by atoms with Crippen LogP contribution in [0.2, 0.25) is 0 Å². The number of pyridine rings is 2. The quantitative estimate of drug-likeness (QED) is 0.437. The number of nitrogens with zero attached hydrogens (tertiary/aromatic N) is 4. The highest BCUT2D eigenvalue weighted by molar-refractivity contribution is 5.94. The molecule has 1 aromatic carbocycles. The Hall–Kier alpha value is -4.20. The summed E-state index contributed by atoms with van der Waals surface area (Å²) in [4.78, 5) is 36.3. The van der Waals surface area contributed by atoms with Crippen LogP contribution in [0.15, 0.2) is 65.8 Å². The van der Waals surface area contributed by atoms with Crippen molar-refractivity contribution in [3.8, 4) is 0 Å². The van der Waals surface area contributed by atoms with Crippen LogP contribution in [0.25, 0.3) is 5.65 Å². The molecule has 1 aliphatic rings. The van der Waals surface area contributed by atoms with Crippen LogP contribution in [-0.4, -0.2) is 38.5 Å². The van der Waals surface area contributed by atoms with Gasteiger partial charge in [0.1, 0.15) is 11.5 Å². The summed E-state index contributed by atoms with van der Waals surface area (Å²) in [5, 5.41) is 12.9. The van der Waals surface area contributed by atoms with Gasteiger partial charge in [0.2, 0.25) is 0 Å². The third-order valence-electron chi connectivity index (χ3n) is 6.62. The maximum atomic E-state index is 13.4. The first-order chi connectivity index (χ1) is 16.8. The lowest BCUT2D eigenvalue weighted by Gasteiger charge is -2.41. The van der Waals surface area contributed by atoms with Gasteiger partial charge < -0.3 is 15.3 Å². The summed E-state index contributed by atoms with van der Waals surface area (Å²) in [6.45, 7) is 7.25. The molecular formula is C27H27N5O3. The number of carbonyl (C=O) groups is 1. The fourth-order valence-corrected chi connectivity index (χ4v) is 4.70. The molecule has 5 rings (SSSR count). The van der Waals surface area contributed by atoms with Crippen molar-refractivity contribution < 1.29 is 9.90 Å². The summed E-state index contributed by atoms with van der Waals surface area (Å²) >= 11 is 0. The number of carboxylic acids is 1. The van der Waals surface area contributed by atoms with Gasteiger partial charge in [0.25, 0.3) is 5.56 Å². The van der Waals surface area contributed by atoms with Crippen LogP contribution in [0.5, 0.6) is 0 Å². The molecule has 1 saturated heterocycles. The number of hydrogen-bond donors (Lipinski definition) is 2. The molecule has 0 bridgehead atoms. The van der Waals surface area contributed by atoms with Crippen LogP contribution in [0.1, 0.15) is 51.5 Å². The highest BCUT2D eigenvalue weighted by Crippen LogP contribution is 2.32. The summed E-state index contributed by atoms with van der Waals surface area (Å²) in [7, 11) is 0. The lowest BCUT2D eigenvalue weighted by Crippen LogP contribution is -2.46. The summed E-state index contributed by atoms with van der Waals surface area (Å²) in [5.41, 5.74) is 4.73. The zero-order valence-corrected chi connectivity index (χ0v) is 19.9. The molecule has 0 spiro atoms. The maximum Gasteiger partial charge on any atom is 0.337 e. The topological polar surface area (TPSA) is 99.8 Å². The van der Waals surface area contributed by atoms with Gasteiger partial charge in [-0.1, -0.05) is 18.2 Å². The Balaban J connectivity index is 1.52. The number of aromatic nitrogens is 3. The number of rotatable bonds is 6. The van der Waals surface area contributed by atoms with Crippen molar-refractivity contribution in [3.05, 3.63) is 99.2 Å². The van der Waals surface area contributed by atoms with Crippen molar-refractivity contribution in [1.82, 2.24) is 14.4 Å². The lowest BCUT2D eigenvalue weighted by atomic mass is 9.92. The number of aryl methyl sites for hydroxylation is 1. The number of carboxylic acid groups (broad SMARTS) is 1. The molecule has 1 fully saturated rings. The van der Waals surface area contributed by atoms with Gasteiger partial charge in [0.05, 0.1) is 17.2 Å². The maximum absolute atomic E-state index is 13.4. The molecule has 8 heteroatoms. The SMILES string of the molecule is Cc1cc([C@@H](C)Nc2ccccc2C(=O)O)c2nc(N3CC(c4cccnc4)C3)c(C)c(=O)n2c1. The van der Waals surface area contributed by atoms with Crippen molar-refractivity contribution in [2.75, 3.05) is 23.3 Å². The third kappa shape index (κ3) is 4.12. The first kappa shape index (κ1) is 22.6. The molecule has 8 nitrogen and oxygen atoms in total. The van der Waals surface area contributed by atoms with Crippen LogP contribution in [0, 0.1) is 13.8 Å². The number of fused-ring (bicyclic) bond motifs is 1. The third-order valence-corrected chi connectivity index (χ3v) is 6.62. The minimum Gasteiger partial charge on any atom is -0.478 e. The van der Waals surface area contributed by atoms with Gasteiger partial charge in [0.15, 0.2) is 0 Å². The molecular weight excluding hydrogens is 442 g/mol. The molecule has 0 saturated carbocycles. The van der Waals surface area contributed by atoms with Crippen LogP contribution >= 0.6 is 0 Å². The van der Waals surface area contributed by atoms with Gasteiger partial charge in [0, 0.05) is 48.8 Å². The van der Waals surface area contributed by atoms with E-state index in [4.69, 9.17) is 4.98 Å². The van der Waals surface area contributed by atoms with E-state index < -0.39 is 5.97 Å². The molecule has 35 heavy (non-hydrogen) atoms. The van der Waals surface area contributed by atoms with Crippen molar-refractivity contribution in [3.63, 3.8) is 0 Å². The van der Waals surface area contributed by atoms with Gasteiger partial charge in [-0.05, 0) is 56.2 Å². The van der Waals surface area contributed by atoms with Crippen LogP contribution < -0.4 is 15.8 Å². The Morgan fingerprint density at radius 1 is 1.17 bits per heavy atom. The molecule has 0 aliphatic carbocycles. The largest absolute Gasteiger partial charge is 0.478 e. The second-order valence-electron chi connectivity index (χ2n) is 9.14. The van der Waals surface area contributed by atoms with Gasteiger partial charge in [-0.3, -0.25) is 14.2 Å². The van der Waals surface area contributed by atoms with E-state index in [0.717, 1.165) is 24.2 Å². The van der Waals surface area contributed by atoms with Crippen molar-refractivity contribution >= 4 is 23.1 Å². The molecule has 0 unspecified atom stereocenters. The number of nitrogens with one attached hydrogen (secondary N) is 1. The number of anilines is 2. The first-order valence-electron chi connectivity index (χ1n) is 11.6. The molecule has 4 aromatic rings. The fraction of sp³-hybridized carbons (Fsp3) is 0.259. The van der Waals surface area contributed by atoms with Crippen LogP contribution in [0.4, 0.5) is 11.5 Å². The standard InChI is InChI=1S/C27H27N5O3/c1-16-11-22(18(3)29-23-9-5-4-8-21(23)27(34)35)25-30-24(17(2)26(33)32(25)13-16)31-14-20(15-31)19-7-6-10-28-12-19/h4-13,18,20,29H,14-15H2,1-3H3,(H,34,35)/t18-/m1/s1. The van der Waals surface area contributed by atoms with E-state index in [1.165, 1.54) is 5.56 Å². The van der Waals surface area contributed by atoms with Gasteiger partial charge in [-0.15, -0.1) is 0 Å². The van der Waals surface area contributed by atoms with E-state index in [1.807, 2.05) is 39.1 Å². The minimum atomic E-state index is -0.998. The number of benzene rings is 1. The first-order valence-corrected chi connectivity index (χ1v) is 11.6. The van der Waals surface area contributed by atoms with E-state index in [0.29, 0.717) is 28.6 Å². The molecule has 2 N–H and O–H groups in total. The van der Waals surface area contributed by atoms with Gasteiger partial charge >= 0.3 is 5.97 Å². The molecule has 1 aliphatic heterocycles. The Morgan fingerprint density at radius 3 is 2.66 bits per heavy atom. The van der Waals surface area contributed by atoms with Crippen molar-refractivity contribution in [2.24, 2.45) is 0 Å². The number of para-hydroxylation sites is 1. The Kier molecular flexibility index (Phi) is 5.72. The van der Waals surface area contributed by atoms with E-state index in [-0.39, 0.29) is 17.2 Å². The van der Waals surface area contributed by atoms with E-state index in [9.17, 15) is 14.7 Å². The molecule has 0 radical (unpaired) electrons. The van der Waals surface area contributed by atoms with Gasteiger partial charge in [-0.2, -0.15) is 0 Å². The summed E-state index contributed by atoms with van der Waals surface area (Å²) in [6.07, 6.45) is 5.46. The van der Waals surface area contributed by atoms with Crippen LogP contribution in [-0.2, 0) is 0 Å². The zero-order chi connectivity index (χ0) is 24.7. The molecule has 1 atom stereocenters. The summed E-state index contributed by atoms with van der Waals surface area (Å²) in [6, 6.07) is 12.5. The number of aromatic carboxylic acids is 1. The summed E-state index contributed by atoms with van der Waals surface area (Å²) < 4.78 is 1.60. The van der Waals surface area contributed by atoms with E-state index in [1.54, 1.807) is 41.1 Å². The lowest BCUT2D eigenvalue weighted by molar-refractivity contribution is 0.0698. The Labute approximate surface area is 202 Å².